The van der Waals surface area contributed by atoms with Crippen molar-refractivity contribution in [3.8, 4) is 11.4 Å². The van der Waals surface area contributed by atoms with Crippen LogP contribution in [-0.2, 0) is 17.9 Å². The quantitative estimate of drug-likeness (QED) is 0.645. The molecule has 152 valence electrons. The number of imidazole rings is 1. The molecule has 1 fully saturated rings. The number of aromatic nitrogens is 4. The Morgan fingerprint density at radius 2 is 1.93 bits per heavy atom. The highest BCUT2D eigenvalue weighted by Crippen LogP contribution is 2.25. The van der Waals surface area contributed by atoms with E-state index in [9.17, 15) is 4.79 Å². The molecular weight excluding hydrogens is 362 g/mol. The van der Waals surface area contributed by atoms with Crippen molar-refractivity contribution < 1.29 is 4.79 Å². The van der Waals surface area contributed by atoms with E-state index in [0.717, 1.165) is 54.5 Å². The first-order valence-corrected chi connectivity index (χ1v) is 10.4. The van der Waals surface area contributed by atoms with Crippen LogP contribution in [0, 0.1) is 26.7 Å². The molecule has 3 aromatic rings. The van der Waals surface area contributed by atoms with Crippen molar-refractivity contribution in [3.05, 3.63) is 59.7 Å². The third-order valence-corrected chi connectivity index (χ3v) is 5.81. The van der Waals surface area contributed by atoms with Crippen molar-refractivity contribution in [2.75, 3.05) is 13.1 Å². The van der Waals surface area contributed by atoms with E-state index >= 15 is 0 Å². The van der Waals surface area contributed by atoms with Gasteiger partial charge in [-0.05, 0) is 39.2 Å². The lowest BCUT2D eigenvalue weighted by molar-refractivity contribution is -0.130. The lowest BCUT2D eigenvalue weighted by Gasteiger charge is -2.18. The van der Waals surface area contributed by atoms with Gasteiger partial charge in [-0.1, -0.05) is 30.3 Å². The van der Waals surface area contributed by atoms with Crippen LogP contribution in [0.15, 0.2) is 42.6 Å². The largest absolute Gasteiger partial charge is 0.342 e. The summed E-state index contributed by atoms with van der Waals surface area (Å²) >= 11 is 0. The Morgan fingerprint density at radius 3 is 2.66 bits per heavy atom. The average Bonchev–Trinajstić information content (AvgIpc) is 3.41. The van der Waals surface area contributed by atoms with Gasteiger partial charge >= 0.3 is 0 Å². The second-order valence-electron chi connectivity index (χ2n) is 8.09. The molecule has 0 aliphatic carbocycles. The molecule has 1 aliphatic heterocycles. The van der Waals surface area contributed by atoms with Crippen LogP contribution in [0.4, 0.5) is 0 Å². The molecule has 29 heavy (non-hydrogen) atoms. The number of likely N-dealkylation sites (tertiary alicyclic amines) is 1. The number of aryl methyl sites for hydroxylation is 4. The molecule has 4 rings (SSSR count). The Balaban J connectivity index is 1.36. The van der Waals surface area contributed by atoms with Crippen LogP contribution in [0.2, 0.25) is 0 Å². The summed E-state index contributed by atoms with van der Waals surface area (Å²) in [6, 6.07) is 12.4. The normalized spacial score (nSPS) is 16.5. The van der Waals surface area contributed by atoms with Crippen LogP contribution < -0.4 is 0 Å². The zero-order valence-corrected chi connectivity index (χ0v) is 17.5. The molecule has 1 aromatic carbocycles. The summed E-state index contributed by atoms with van der Waals surface area (Å²) in [6.45, 7) is 9.34. The van der Waals surface area contributed by atoms with Gasteiger partial charge in [-0.15, -0.1) is 0 Å². The van der Waals surface area contributed by atoms with Crippen molar-refractivity contribution >= 4 is 5.91 Å². The maximum Gasteiger partial charge on any atom is 0.224 e. The average molecular weight is 392 g/mol. The van der Waals surface area contributed by atoms with E-state index in [0.29, 0.717) is 18.9 Å². The lowest BCUT2D eigenvalue weighted by atomic mass is 10.1. The van der Waals surface area contributed by atoms with E-state index < -0.39 is 0 Å². The minimum absolute atomic E-state index is 0.227. The molecule has 0 spiro atoms. The first kappa shape index (κ1) is 19.4. The van der Waals surface area contributed by atoms with E-state index in [-0.39, 0.29) is 5.91 Å². The number of amides is 1. The van der Waals surface area contributed by atoms with Gasteiger partial charge in [-0.3, -0.25) is 9.48 Å². The van der Waals surface area contributed by atoms with Gasteiger partial charge < -0.3 is 9.47 Å². The summed E-state index contributed by atoms with van der Waals surface area (Å²) in [6.07, 6.45) is 3.49. The van der Waals surface area contributed by atoms with Gasteiger partial charge in [0.05, 0.1) is 5.69 Å². The summed E-state index contributed by atoms with van der Waals surface area (Å²) < 4.78 is 4.23. The van der Waals surface area contributed by atoms with Crippen LogP contribution in [0.3, 0.4) is 0 Å². The van der Waals surface area contributed by atoms with Crippen molar-refractivity contribution in [2.24, 2.45) is 5.92 Å². The highest BCUT2D eigenvalue weighted by Gasteiger charge is 2.27. The van der Waals surface area contributed by atoms with Crippen LogP contribution >= 0.6 is 0 Å². The highest BCUT2D eigenvalue weighted by molar-refractivity contribution is 5.76. The summed E-state index contributed by atoms with van der Waals surface area (Å²) in [5.41, 5.74) is 4.41. The predicted octanol–water partition coefficient (Wildman–Crippen LogP) is 3.61. The first-order chi connectivity index (χ1) is 14.0. The Kier molecular flexibility index (Phi) is 5.51. The summed E-state index contributed by atoms with van der Waals surface area (Å²) in [5, 5.41) is 4.46. The fourth-order valence-corrected chi connectivity index (χ4v) is 4.24. The molecular formula is C23H29N5O. The molecule has 3 heterocycles. The molecule has 6 nitrogen and oxygen atoms in total. The zero-order chi connectivity index (χ0) is 20.4. The van der Waals surface area contributed by atoms with Gasteiger partial charge in [0, 0.05) is 55.7 Å². The van der Waals surface area contributed by atoms with Crippen molar-refractivity contribution in [2.45, 2.75) is 46.7 Å². The van der Waals surface area contributed by atoms with Crippen molar-refractivity contribution in [3.63, 3.8) is 0 Å². The smallest absolute Gasteiger partial charge is 0.224 e. The van der Waals surface area contributed by atoms with Crippen molar-refractivity contribution in [1.82, 2.24) is 24.2 Å². The molecule has 0 saturated carbocycles. The molecule has 0 bridgehead atoms. The van der Waals surface area contributed by atoms with E-state index in [1.807, 2.05) is 53.9 Å². The third kappa shape index (κ3) is 4.26. The summed E-state index contributed by atoms with van der Waals surface area (Å²) in [7, 11) is 0. The number of nitrogens with zero attached hydrogens (tertiary/aromatic N) is 5. The van der Waals surface area contributed by atoms with Crippen LogP contribution in [0.25, 0.3) is 11.4 Å². The second-order valence-corrected chi connectivity index (χ2v) is 8.09. The second kappa shape index (κ2) is 8.23. The Labute approximate surface area is 172 Å². The van der Waals surface area contributed by atoms with Gasteiger partial charge in [0.25, 0.3) is 0 Å². The molecule has 6 heteroatoms. The predicted molar refractivity (Wildman–Crippen MR) is 113 cm³/mol. The Morgan fingerprint density at radius 1 is 1.14 bits per heavy atom. The molecule has 0 N–H and O–H groups in total. The molecule has 1 saturated heterocycles. The molecule has 2 aromatic heterocycles. The van der Waals surface area contributed by atoms with Crippen LogP contribution in [-0.4, -0.2) is 43.2 Å². The van der Waals surface area contributed by atoms with Crippen LogP contribution in [0.1, 0.15) is 29.9 Å². The molecule has 1 atom stereocenters. The van der Waals surface area contributed by atoms with E-state index in [4.69, 9.17) is 0 Å². The highest BCUT2D eigenvalue weighted by atomic mass is 16.2. The van der Waals surface area contributed by atoms with Gasteiger partial charge in [0.2, 0.25) is 5.91 Å². The Hall–Kier alpha value is -2.89. The van der Waals surface area contributed by atoms with Crippen LogP contribution in [0.5, 0.6) is 0 Å². The number of rotatable bonds is 6. The molecule has 1 aliphatic rings. The zero-order valence-electron chi connectivity index (χ0n) is 17.5. The Bertz CT molecular complexity index is 988. The molecule has 0 radical (unpaired) electrons. The molecule has 1 unspecified atom stereocenters. The van der Waals surface area contributed by atoms with E-state index in [2.05, 4.69) is 33.7 Å². The lowest BCUT2D eigenvalue weighted by Crippen LogP contribution is -2.30. The van der Waals surface area contributed by atoms with Crippen molar-refractivity contribution in [1.29, 1.82) is 0 Å². The topological polar surface area (TPSA) is 56.0 Å². The maximum atomic E-state index is 12.7. The fraction of sp³-hybridized carbons (Fsp3) is 0.435. The minimum atomic E-state index is 0.227. The number of carbonyl (C=O) groups is 1. The number of hydrogen-bond acceptors (Lipinski definition) is 3. The number of hydrogen-bond donors (Lipinski definition) is 0. The monoisotopic (exact) mass is 391 g/mol. The third-order valence-electron chi connectivity index (χ3n) is 5.81. The van der Waals surface area contributed by atoms with E-state index in [1.165, 1.54) is 0 Å². The van der Waals surface area contributed by atoms with Gasteiger partial charge in [-0.25, -0.2) is 4.98 Å². The van der Waals surface area contributed by atoms with E-state index in [1.54, 1.807) is 0 Å². The SMILES string of the molecule is Cc1cc(C)n(CCC(=O)N2CCC(Cn3c(C)cnc3-c3ccccc3)C2)n1. The first-order valence-electron chi connectivity index (χ1n) is 10.4. The van der Waals surface area contributed by atoms with Gasteiger partial charge in [0.15, 0.2) is 0 Å². The molecule has 1 amide bonds. The number of benzene rings is 1. The van der Waals surface area contributed by atoms with Gasteiger partial charge in [0.1, 0.15) is 5.82 Å². The van der Waals surface area contributed by atoms with Gasteiger partial charge in [-0.2, -0.15) is 5.10 Å². The number of carbonyl (C=O) groups excluding carboxylic acids is 1. The minimum Gasteiger partial charge on any atom is -0.342 e. The summed E-state index contributed by atoms with van der Waals surface area (Å²) in [4.78, 5) is 19.4. The fourth-order valence-electron chi connectivity index (χ4n) is 4.24. The maximum absolute atomic E-state index is 12.7. The summed E-state index contributed by atoms with van der Waals surface area (Å²) in [5.74, 6) is 1.70. The standard InChI is InChI=1S/C23H29N5O/c1-17-13-18(2)28(25-17)12-10-22(29)26-11-9-20(15-26)16-27-19(3)14-24-23(27)21-7-5-4-6-8-21/h4-8,13-14,20H,9-12,15-16H2,1-3H3.